The van der Waals surface area contributed by atoms with Crippen LogP contribution >= 0.6 is 0 Å². The van der Waals surface area contributed by atoms with Crippen molar-refractivity contribution in [3.8, 4) is 11.3 Å². The third-order valence-corrected chi connectivity index (χ3v) is 6.92. The highest BCUT2D eigenvalue weighted by atomic mass is 32.2. The maximum Gasteiger partial charge on any atom is 0.255 e. The van der Waals surface area contributed by atoms with Gasteiger partial charge in [-0.1, -0.05) is 0 Å². The number of aromatic nitrogens is 1. The molecule has 34 heavy (non-hydrogen) atoms. The number of carbonyl (C=O) groups excluding carboxylic acids is 1. The molecular formula is C23H27FN4O5S. The second-order valence-corrected chi connectivity index (χ2v) is 10.1. The van der Waals surface area contributed by atoms with E-state index in [0.29, 0.717) is 36.3 Å². The Hall–Kier alpha value is -3.02. The van der Waals surface area contributed by atoms with E-state index in [-0.39, 0.29) is 35.3 Å². The first-order chi connectivity index (χ1) is 16.2. The fraction of sp³-hybridized carbons (Fsp3) is 0.391. The highest BCUT2D eigenvalue weighted by molar-refractivity contribution is 7.92. The van der Waals surface area contributed by atoms with Crippen molar-refractivity contribution in [3.05, 3.63) is 47.3 Å². The van der Waals surface area contributed by atoms with Crippen molar-refractivity contribution in [3.63, 3.8) is 0 Å². The summed E-state index contributed by atoms with van der Waals surface area (Å²) in [6.45, 7) is 5.18. The second-order valence-electron chi connectivity index (χ2n) is 8.16. The number of sulfonamides is 1. The van der Waals surface area contributed by atoms with Gasteiger partial charge in [0, 0.05) is 38.8 Å². The van der Waals surface area contributed by atoms with Gasteiger partial charge in [-0.3, -0.25) is 14.0 Å². The number of carbonyl (C=O) groups is 1. The molecule has 4 rings (SSSR count). The van der Waals surface area contributed by atoms with Crippen LogP contribution in [0.1, 0.15) is 15.9 Å². The van der Waals surface area contributed by atoms with Crippen LogP contribution in [-0.2, 0) is 14.8 Å². The van der Waals surface area contributed by atoms with Crippen molar-refractivity contribution in [1.29, 1.82) is 0 Å². The molecule has 1 N–H and O–H groups in total. The van der Waals surface area contributed by atoms with E-state index in [1.165, 1.54) is 35.6 Å². The number of furan rings is 1. The predicted octanol–water partition coefficient (Wildman–Crippen LogP) is 2.40. The molecule has 0 unspecified atom stereocenters. The van der Waals surface area contributed by atoms with E-state index < -0.39 is 15.8 Å². The van der Waals surface area contributed by atoms with Gasteiger partial charge in [-0.05, 0) is 42.8 Å². The zero-order valence-electron chi connectivity index (χ0n) is 19.3. The number of ether oxygens (including phenoxy) is 1. The van der Waals surface area contributed by atoms with E-state index in [2.05, 4.69) is 15.2 Å². The summed E-state index contributed by atoms with van der Waals surface area (Å²) in [6, 6.07) is 7.27. The number of aryl methyl sites for hydroxylation is 1. The number of nitrogens with one attached hydrogen (secondary N) is 1. The average molecular weight is 491 g/mol. The molecule has 1 aliphatic heterocycles. The molecule has 1 aromatic carbocycles. The quantitative estimate of drug-likeness (QED) is 0.542. The number of rotatable bonds is 7. The van der Waals surface area contributed by atoms with E-state index in [9.17, 15) is 17.6 Å². The Labute approximate surface area is 197 Å². The number of fused-ring (bicyclic) bond motifs is 1. The molecule has 182 valence electrons. The highest BCUT2D eigenvalue weighted by Gasteiger charge is 2.27. The minimum atomic E-state index is -3.64. The first-order valence-corrected chi connectivity index (χ1v) is 12.7. The summed E-state index contributed by atoms with van der Waals surface area (Å²) in [5.41, 5.74) is 1.46. The Bertz CT molecular complexity index is 1300. The van der Waals surface area contributed by atoms with Crippen LogP contribution in [0, 0.1) is 12.7 Å². The van der Waals surface area contributed by atoms with Gasteiger partial charge in [0.2, 0.25) is 15.7 Å². The minimum Gasteiger partial charge on any atom is -0.437 e. The molecule has 1 aliphatic rings. The summed E-state index contributed by atoms with van der Waals surface area (Å²) in [5, 5.41) is 3.04. The molecule has 3 heterocycles. The maximum atomic E-state index is 13.5. The monoisotopic (exact) mass is 490 g/mol. The number of halogens is 1. The molecule has 1 amide bonds. The fourth-order valence-electron chi connectivity index (χ4n) is 4.01. The summed E-state index contributed by atoms with van der Waals surface area (Å²) in [5.74, 6) is -0.329. The zero-order chi connectivity index (χ0) is 24.5. The number of anilines is 1. The SMILES string of the molecule is CNC(=O)c1c(-c2ccc(F)cc2)oc2nc(N(CCN3CCOCC3)S(C)(=O)=O)c(C)cc12. The Balaban J connectivity index is 1.79. The van der Waals surface area contributed by atoms with Gasteiger partial charge in [0.25, 0.3) is 5.91 Å². The van der Waals surface area contributed by atoms with Crippen LogP contribution < -0.4 is 9.62 Å². The summed E-state index contributed by atoms with van der Waals surface area (Å²) in [7, 11) is -2.14. The van der Waals surface area contributed by atoms with Crippen LogP contribution in [0.2, 0.25) is 0 Å². The van der Waals surface area contributed by atoms with Crippen LogP contribution in [0.15, 0.2) is 34.7 Å². The van der Waals surface area contributed by atoms with Gasteiger partial charge in [0.05, 0.1) is 30.4 Å². The number of benzene rings is 1. The lowest BCUT2D eigenvalue weighted by Crippen LogP contribution is -2.43. The normalized spacial score (nSPS) is 14.9. The Morgan fingerprint density at radius 2 is 1.91 bits per heavy atom. The number of morpholine rings is 1. The lowest BCUT2D eigenvalue weighted by atomic mass is 10.0. The van der Waals surface area contributed by atoms with Gasteiger partial charge in [-0.25, -0.2) is 12.8 Å². The van der Waals surface area contributed by atoms with E-state index >= 15 is 0 Å². The van der Waals surface area contributed by atoms with Crippen LogP contribution in [0.5, 0.6) is 0 Å². The third-order valence-electron chi connectivity index (χ3n) is 5.77. The summed E-state index contributed by atoms with van der Waals surface area (Å²) >= 11 is 0. The highest BCUT2D eigenvalue weighted by Crippen LogP contribution is 2.35. The van der Waals surface area contributed by atoms with Gasteiger partial charge in [0.15, 0.2) is 0 Å². The van der Waals surface area contributed by atoms with Crippen LogP contribution in [0.4, 0.5) is 10.2 Å². The second kappa shape index (κ2) is 9.69. The molecule has 1 fully saturated rings. The van der Waals surface area contributed by atoms with Crippen molar-refractivity contribution in [2.45, 2.75) is 6.92 Å². The van der Waals surface area contributed by atoms with E-state index in [4.69, 9.17) is 9.15 Å². The topological polar surface area (TPSA) is 105 Å². The molecule has 0 radical (unpaired) electrons. The van der Waals surface area contributed by atoms with Crippen molar-refractivity contribution >= 4 is 32.8 Å². The standard InChI is InChI=1S/C23H27FN4O5S/c1-15-14-18-19(22(29)25-2)20(16-4-6-17(24)7-5-16)33-23(18)26-21(15)28(34(3,30)31)9-8-27-10-12-32-13-11-27/h4-7,14H,8-13H2,1-3H3,(H,25,29). The molecule has 0 atom stereocenters. The van der Waals surface area contributed by atoms with Crippen LogP contribution in [0.3, 0.4) is 0 Å². The molecule has 0 aliphatic carbocycles. The van der Waals surface area contributed by atoms with Crippen molar-refractivity contribution in [2.24, 2.45) is 0 Å². The number of nitrogens with zero attached hydrogens (tertiary/aromatic N) is 3. The van der Waals surface area contributed by atoms with Crippen LogP contribution in [0.25, 0.3) is 22.4 Å². The van der Waals surface area contributed by atoms with Gasteiger partial charge < -0.3 is 14.5 Å². The number of hydrogen-bond donors (Lipinski definition) is 1. The molecule has 2 aromatic heterocycles. The molecule has 11 heteroatoms. The van der Waals surface area contributed by atoms with Gasteiger partial charge in [0.1, 0.15) is 17.4 Å². The van der Waals surface area contributed by atoms with Crippen molar-refractivity contribution in [1.82, 2.24) is 15.2 Å². The fourth-order valence-corrected chi connectivity index (χ4v) is 4.92. The van der Waals surface area contributed by atoms with E-state index in [1.54, 1.807) is 13.0 Å². The molecule has 0 saturated carbocycles. The first kappa shape index (κ1) is 24.1. The molecule has 9 nitrogen and oxygen atoms in total. The Morgan fingerprint density at radius 1 is 1.24 bits per heavy atom. The smallest absolute Gasteiger partial charge is 0.255 e. The molecule has 0 spiro atoms. The van der Waals surface area contributed by atoms with Gasteiger partial charge in [-0.15, -0.1) is 0 Å². The Morgan fingerprint density at radius 3 is 2.53 bits per heavy atom. The average Bonchev–Trinajstić information content (AvgIpc) is 3.17. The largest absolute Gasteiger partial charge is 0.437 e. The number of pyridine rings is 1. The third kappa shape index (κ3) is 4.91. The Kier molecular flexibility index (Phi) is 6.87. The molecule has 0 bridgehead atoms. The van der Waals surface area contributed by atoms with Crippen LogP contribution in [-0.4, -0.2) is 76.9 Å². The maximum absolute atomic E-state index is 13.5. The number of hydrogen-bond acceptors (Lipinski definition) is 7. The molecule has 3 aromatic rings. The van der Waals surface area contributed by atoms with E-state index in [0.717, 1.165) is 19.3 Å². The molecule has 1 saturated heterocycles. The lowest BCUT2D eigenvalue weighted by molar-refractivity contribution is 0.0395. The molecular weight excluding hydrogens is 463 g/mol. The predicted molar refractivity (Wildman–Crippen MR) is 127 cm³/mol. The van der Waals surface area contributed by atoms with Crippen molar-refractivity contribution < 1.29 is 26.8 Å². The van der Waals surface area contributed by atoms with Gasteiger partial charge in [-0.2, -0.15) is 4.98 Å². The summed E-state index contributed by atoms with van der Waals surface area (Å²) in [6.07, 6.45) is 1.14. The first-order valence-electron chi connectivity index (χ1n) is 10.9. The summed E-state index contributed by atoms with van der Waals surface area (Å²) < 4.78 is 51.4. The lowest BCUT2D eigenvalue weighted by Gasteiger charge is -2.30. The summed E-state index contributed by atoms with van der Waals surface area (Å²) in [4.78, 5) is 19.4. The number of amides is 1. The zero-order valence-corrected chi connectivity index (χ0v) is 20.1. The minimum absolute atomic E-state index is 0.124. The van der Waals surface area contributed by atoms with Crippen molar-refractivity contribution in [2.75, 3.05) is 57.0 Å². The van der Waals surface area contributed by atoms with E-state index in [1.807, 2.05) is 0 Å². The van der Waals surface area contributed by atoms with Gasteiger partial charge >= 0.3 is 0 Å².